The van der Waals surface area contributed by atoms with Gasteiger partial charge in [0.2, 0.25) is 5.91 Å². The van der Waals surface area contributed by atoms with E-state index in [1.54, 1.807) is 20.3 Å². The molecule has 5 nitrogen and oxygen atoms in total. The number of rotatable bonds is 5. The second-order valence-corrected chi connectivity index (χ2v) is 4.64. The van der Waals surface area contributed by atoms with E-state index in [1.807, 2.05) is 6.07 Å². The summed E-state index contributed by atoms with van der Waals surface area (Å²) in [5.74, 6) is 1.44. The van der Waals surface area contributed by atoms with E-state index >= 15 is 0 Å². The maximum Gasteiger partial charge on any atom is 0.227 e. The second kappa shape index (κ2) is 5.93. The molecular weight excluding hydrogens is 244 g/mol. The SMILES string of the molecule is COc1ccc(OC)c2c1CC(CCCN)C(=O)N2. The van der Waals surface area contributed by atoms with Gasteiger partial charge in [-0.05, 0) is 37.9 Å². The third-order valence-corrected chi connectivity index (χ3v) is 3.50. The molecule has 0 bridgehead atoms. The zero-order valence-electron chi connectivity index (χ0n) is 11.4. The van der Waals surface area contributed by atoms with Crippen LogP contribution in [-0.2, 0) is 11.2 Å². The standard InChI is InChI=1S/C14H20N2O3/c1-18-11-5-6-12(19-2)13-10(11)8-9(4-3-7-15)14(17)16-13/h5-6,9H,3-4,7-8,15H2,1-2H3,(H,16,17). The molecule has 1 aromatic rings. The van der Waals surface area contributed by atoms with Crippen molar-refractivity contribution in [2.75, 3.05) is 26.1 Å². The molecule has 1 aliphatic heterocycles. The molecule has 0 spiro atoms. The summed E-state index contributed by atoms with van der Waals surface area (Å²) in [4.78, 5) is 12.1. The fourth-order valence-electron chi connectivity index (χ4n) is 2.47. The maximum absolute atomic E-state index is 12.1. The Kier molecular flexibility index (Phi) is 4.27. The van der Waals surface area contributed by atoms with Gasteiger partial charge in [0, 0.05) is 11.5 Å². The molecule has 0 aliphatic carbocycles. The first-order valence-corrected chi connectivity index (χ1v) is 6.46. The first kappa shape index (κ1) is 13.7. The molecule has 2 rings (SSSR count). The summed E-state index contributed by atoms with van der Waals surface area (Å²) < 4.78 is 10.7. The molecule has 5 heteroatoms. The van der Waals surface area contributed by atoms with Crippen molar-refractivity contribution in [2.24, 2.45) is 11.7 Å². The topological polar surface area (TPSA) is 73.6 Å². The normalized spacial score (nSPS) is 17.6. The summed E-state index contributed by atoms with van der Waals surface area (Å²) in [7, 11) is 3.22. The summed E-state index contributed by atoms with van der Waals surface area (Å²) in [6.45, 7) is 0.603. The highest BCUT2D eigenvalue weighted by atomic mass is 16.5. The zero-order valence-corrected chi connectivity index (χ0v) is 11.4. The number of hydrogen-bond acceptors (Lipinski definition) is 4. The minimum absolute atomic E-state index is 0.0347. The molecule has 0 saturated carbocycles. The van der Waals surface area contributed by atoms with E-state index in [4.69, 9.17) is 15.2 Å². The van der Waals surface area contributed by atoms with E-state index in [0.717, 1.165) is 29.8 Å². The fraction of sp³-hybridized carbons (Fsp3) is 0.500. The summed E-state index contributed by atoms with van der Waals surface area (Å²) in [5, 5.41) is 2.93. The second-order valence-electron chi connectivity index (χ2n) is 4.64. The Hall–Kier alpha value is -1.75. The van der Waals surface area contributed by atoms with Gasteiger partial charge >= 0.3 is 0 Å². The van der Waals surface area contributed by atoms with Crippen molar-refractivity contribution in [1.82, 2.24) is 0 Å². The van der Waals surface area contributed by atoms with Gasteiger partial charge in [-0.3, -0.25) is 4.79 Å². The van der Waals surface area contributed by atoms with Crippen LogP contribution in [0.25, 0.3) is 0 Å². The van der Waals surface area contributed by atoms with Crippen LogP contribution < -0.4 is 20.5 Å². The van der Waals surface area contributed by atoms with E-state index < -0.39 is 0 Å². The van der Waals surface area contributed by atoms with E-state index in [0.29, 0.717) is 18.7 Å². The van der Waals surface area contributed by atoms with Gasteiger partial charge in [-0.1, -0.05) is 0 Å². The number of fused-ring (bicyclic) bond motifs is 1. The first-order valence-electron chi connectivity index (χ1n) is 6.46. The molecular formula is C14H20N2O3. The minimum Gasteiger partial charge on any atom is -0.496 e. The van der Waals surface area contributed by atoms with Crippen LogP contribution in [-0.4, -0.2) is 26.7 Å². The lowest BCUT2D eigenvalue weighted by Gasteiger charge is -2.27. The van der Waals surface area contributed by atoms with Gasteiger partial charge in [0.1, 0.15) is 11.5 Å². The van der Waals surface area contributed by atoms with Crippen LogP contribution in [0.5, 0.6) is 11.5 Å². The number of benzene rings is 1. The lowest BCUT2D eigenvalue weighted by molar-refractivity contribution is -0.120. The van der Waals surface area contributed by atoms with Gasteiger partial charge in [-0.2, -0.15) is 0 Å². The molecule has 0 aromatic heterocycles. The quantitative estimate of drug-likeness (QED) is 0.846. The van der Waals surface area contributed by atoms with Crippen LogP contribution in [0, 0.1) is 5.92 Å². The number of anilines is 1. The van der Waals surface area contributed by atoms with E-state index in [-0.39, 0.29) is 11.8 Å². The molecule has 0 fully saturated rings. The number of nitrogens with one attached hydrogen (secondary N) is 1. The average Bonchev–Trinajstić information content (AvgIpc) is 2.44. The third-order valence-electron chi connectivity index (χ3n) is 3.50. The van der Waals surface area contributed by atoms with Crippen LogP contribution >= 0.6 is 0 Å². The fourth-order valence-corrected chi connectivity index (χ4v) is 2.47. The van der Waals surface area contributed by atoms with Crippen molar-refractivity contribution in [3.8, 4) is 11.5 Å². The lowest BCUT2D eigenvalue weighted by atomic mass is 9.89. The summed E-state index contributed by atoms with van der Waals surface area (Å²) >= 11 is 0. The van der Waals surface area contributed by atoms with Crippen LogP contribution in [0.2, 0.25) is 0 Å². The van der Waals surface area contributed by atoms with Crippen LogP contribution in [0.3, 0.4) is 0 Å². The summed E-state index contributed by atoms with van der Waals surface area (Å²) in [5.41, 5.74) is 7.25. The highest BCUT2D eigenvalue weighted by molar-refractivity contribution is 5.98. The number of carbonyl (C=O) groups excluding carboxylic acids is 1. The van der Waals surface area contributed by atoms with Gasteiger partial charge < -0.3 is 20.5 Å². The van der Waals surface area contributed by atoms with Gasteiger partial charge in [-0.25, -0.2) is 0 Å². The van der Waals surface area contributed by atoms with Gasteiger partial charge in [0.05, 0.1) is 19.9 Å². The van der Waals surface area contributed by atoms with Crippen molar-refractivity contribution < 1.29 is 14.3 Å². The van der Waals surface area contributed by atoms with Crippen molar-refractivity contribution in [2.45, 2.75) is 19.3 Å². The van der Waals surface area contributed by atoms with E-state index in [2.05, 4.69) is 5.32 Å². The van der Waals surface area contributed by atoms with Crippen molar-refractivity contribution in [3.05, 3.63) is 17.7 Å². The zero-order chi connectivity index (χ0) is 13.8. The monoisotopic (exact) mass is 264 g/mol. The molecule has 1 heterocycles. The smallest absolute Gasteiger partial charge is 0.227 e. The number of methoxy groups -OCH3 is 2. The van der Waals surface area contributed by atoms with E-state index in [1.165, 1.54) is 0 Å². The van der Waals surface area contributed by atoms with E-state index in [9.17, 15) is 4.79 Å². The maximum atomic E-state index is 12.1. The van der Waals surface area contributed by atoms with Crippen molar-refractivity contribution in [3.63, 3.8) is 0 Å². The van der Waals surface area contributed by atoms with Crippen LogP contribution in [0.15, 0.2) is 12.1 Å². The number of carbonyl (C=O) groups is 1. The Morgan fingerprint density at radius 2 is 2.00 bits per heavy atom. The predicted molar refractivity (Wildman–Crippen MR) is 73.7 cm³/mol. The molecule has 0 saturated heterocycles. The highest BCUT2D eigenvalue weighted by Gasteiger charge is 2.29. The molecule has 1 aliphatic rings. The molecule has 1 aromatic carbocycles. The Morgan fingerprint density at radius 3 is 2.63 bits per heavy atom. The number of hydrogen-bond donors (Lipinski definition) is 2. The van der Waals surface area contributed by atoms with Crippen molar-refractivity contribution >= 4 is 11.6 Å². The molecule has 1 unspecified atom stereocenters. The largest absolute Gasteiger partial charge is 0.496 e. The molecule has 0 radical (unpaired) electrons. The van der Waals surface area contributed by atoms with Gasteiger partial charge in [-0.15, -0.1) is 0 Å². The average molecular weight is 264 g/mol. The number of ether oxygens (including phenoxy) is 2. The molecule has 1 amide bonds. The van der Waals surface area contributed by atoms with Crippen molar-refractivity contribution in [1.29, 1.82) is 0 Å². The Balaban J connectivity index is 2.33. The van der Waals surface area contributed by atoms with Crippen LogP contribution in [0.1, 0.15) is 18.4 Å². The molecule has 3 N–H and O–H groups in total. The predicted octanol–water partition coefficient (Wildman–Crippen LogP) is 1.55. The Morgan fingerprint density at radius 1 is 1.32 bits per heavy atom. The Labute approximate surface area is 113 Å². The van der Waals surface area contributed by atoms with Gasteiger partial charge in [0.25, 0.3) is 0 Å². The number of nitrogens with two attached hydrogens (primary N) is 1. The molecule has 1 atom stereocenters. The number of amides is 1. The lowest BCUT2D eigenvalue weighted by Crippen LogP contribution is -2.31. The minimum atomic E-state index is -0.0444. The third kappa shape index (κ3) is 2.66. The first-order chi connectivity index (χ1) is 9.21. The molecule has 19 heavy (non-hydrogen) atoms. The van der Waals surface area contributed by atoms with Gasteiger partial charge in [0.15, 0.2) is 0 Å². The summed E-state index contributed by atoms with van der Waals surface area (Å²) in [6.07, 6.45) is 2.31. The molecule has 104 valence electrons. The van der Waals surface area contributed by atoms with Crippen LogP contribution in [0.4, 0.5) is 5.69 Å². The summed E-state index contributed by atoms with van der Waals surface area (Å²) in [6, 6.07) is 3.67. The highest BCUT2D eigenvalue weighted by Crippen LogP contribution is 2.40. The Bertz CT molecular complexity index is 474.